The van der Waals surface area contributed by atoms with Crippen LogP contribution in [0, 0.1) is 0 Å². The Morgan fingerprint density at radius 2 is 2.00 bits per heavy atom. The molecule has 0 radical (unpaired) electrons. The summed E-state index contributed by atoms with van der Waals surface area (Å²) in [5.41, 5.74) is 2.51. The molecule has 1 aliphatic heterocycles. The second kappa shape index (κ2) is 5.93. The zero-order valence-electron chi connectivity index (χ0n) is 11.2. The molecule has 1 aliphatic rings. The number of hydrogen-bond donors (Lipinski definition) is 0. The third kappa shape index (κ3) is 3.38. The van der Waals surface area contributed by atoms with E-state index in [-0.39, 0.29) is 5.12 Å². The van der Waals surface area contributed by atoms with Gasteiger partial charge in [-0.25, -0.2) is 4.99 Å². The Kier molecular flexibility index (Phi) is 4.27. The third-order valence-electron chi connectivity index (χ3n) is 2.58. The minimum Gasteiger partial charge on any atom is -0.473 e. The van der Waals surface area contributed by atoms with Crippen molar-refractivity contribution in [3.8, 4) is 0 Å². The predicted octanol–water partition coefficient (Wildman–Crippen LogP) is 2.76. The second-order valence-electron chi connectivity index (χ2n) is 4.22. The summed E-state index contributed by atoms with van der Waals surface area (Å²) in [5, 5.41) is 0.365. The van der Waals surface area contributed by atoms with Gasteiger partial charge in [0.15, 0.2) is 0 Å². The Hall–Kier alpha value is -1.75. The van der Waals surface area contributed by atoms with Crippen LogP contribution in [0.5, 0.6) is 0 Å². The van der Waals surface area contributed by atoms with Gasteiger partial charge in [-0.1, -0.05) is 12.1 Å². The third-order valence-corrected chi connectivity index (χ3v) is 3.36. The van der Waals surface area contributed by atoms with E-state index >= 15 is 0 Å². The number of rotatable bonds is 3. The average Bonchev–Trinajstić information content (AvgIpc) is 2.71. The molecule has 1 aromatic carbocycles. The van der Waals surface area contributed by atoms with Crippen LogP contribution in [-0.4, -0.2) is 31.0 Å². The topological polar surface area (TPSA) is 41.9 Å². The lowest BCUT2D eigenvalue weighted by Crippen LogP contribution is -2.07. The summed E-state index contributed by atoms with van der Waals surface area (Å²) in [7, 11) is 3.98. The molecule has 1 heterocycles. The van der Waals surface area contributed by atoms with Crippen molar-refractivity contribution in [3.63, 3.8) is 0 Å². The van der Waals surface area contributed by atoms with Crippen molar-refractivity contribution in [1.29, 1.82) is 0 Å². The first-order valence-electron chi connectivity index (χ1n) is 6.03. The minimum absolute atomic E-state index is 0.0693. The van der Waals surface area contributed by atoms with Crippen molar-refractivity contribution >= 4 is 33.9 Å². The molecule has 4 nitrogen and oxygen atoms in total. The van der Waals surface area contributed by atoms with Crippen LogP contribution < -0.4 is 4.90 Å². The molecule has 0 saturated carbocycles. The summed E-state index contributed by atoms with van der Waals surface area (Å²) in [6.07, 6.45) is 1.78. The van der Waals surface area contributed by atoms with Crippen molar-refractivity contribution in [1.82, 2.24) is 0 Å². The molecule has 0 amide bonds. The monoisotopic (exact) mass is 276 g/mol. The highest BCUT2D eigenvalue weighted by molar-refractivity contribution is 8.26. The number of ether oxygens (including phenoxy) is 1. The van der Waals surface area contributed by atoms with Crippen molar-refractivity contribution in [2.45, 2.75) is 6.92 Å². The van der Waals surface area contributed by atoms with Crippen LogP contribution >= 0.6 is 11.8 Å². The van der Waals surface area contributed by atoms with E-state index in [2.05, 4.69) is 4.99 Å². The molecule has 0 N–H and O–H groups in total. The number of nitrogens with zero attached hydrogens (tertiary/aromatic N) is 2. The maximum Gasteiger partial charge on any atom is 0.259 e. The SMILES string of the molecule is CCOC1=N/C(=C\c2ccc(N(C)C)cc2)C(=O)S1. The number of thioether (sulfide) groups is 1. The van der Waals surface area contributed by atoms with Gasteiger partial charge in [0.25, 0.3) is 5.23 Å². The maximum absolute atomic E-state index is 11.7. The summed E-state index contributed by atoms with van der Waals surface area (Å²) >= 11 is 1.04. The second-order valence-corrected chi connectivity index (χ2v) is 5.14. The van der Waals surface area contributed by atoms with E-state index < -0.39 is 0 Å². The van der Waals surface area contributed by atoms with E-state index in [4.69, 9.17) is 4.74 Å². The molecule has 0 atom stereocenters. The van der Waals surface area contributed by atoms with E-state index in [1.807, 2.05) is 50.2 Å². The van der Waals surface area contributed by atoms with Gasteiger partial charge in [0.2, 0.25) is 5.12 Å². The van der Waals surface area contributed by atoms with E-state index in [1.165, 1.54) is 0 Å². The standard InChI is InChI=1S/C14H16N2O2S/c1-4-18-14-15-12(13(17)19-14)9-10-5-7-11(8-6-10)16(2)3/h5-9H,4H2,1-3H3/b12-9-. The van der Waals surface area contributed by atoms with Crippen LogP contribution in [0.3, 0.4) is 0 Å². The highest BCUT2D eigenvalue weighted by atomic mass is 32.2. The first-order chi connectivity index (χ1) is 9.10. The highest BCUT2D eigenvalue weighted by Crippen LogP contribution is 2.26. The molecule has 0 saturated heterocycles. The number of carbonyl (C=O) groups excluding carboxylic acids is 1. The Morgan fingerprint density at radius 1 is 1.32 bits per heavy atom. The lowest BCUT2D eigenvalue weighted by atomic mass is 10.1. The van der Waals surface area contributed by atoms with Gasteiger partial charge in [0.1, 0.15) is 5.70 Å². The van der Waals surface area contributed by atoms with E-state index in [0.717, 1.165) is 23.0 Å². The van der Waals surface area contributed by atoms with Crippen LogP contribution in [-0.2, 0) is 9.53 Å². The summed E-state index contributed by atoms with van der Waals surface area (Å²) in [4.78, 5) is 17.9. The molecule has 0 aromatic heterocycles. The quantitative estimate of drug-likeness (QED) is 0.796. The smallest absolute Gasteiger partial charge is 0.259 e. The largest absolute Gasteiger partial charge is 0.473 e. The summed E-state index contributed by atoms with van der Waals surface area (Å²) in [6, 6.07) is 7.95. The molecule has 0 spiro atoms. The normalized spacial score (nSPS) is 16.7. The van der Waals surface area contributed by atoms with Gasteiger partial charge in [-0.15, -0.1) is 0 Å². The molecule has 0 unspecified atom stereocenters. The van der Waals surface area contributed by atoms with Gasteiger partial charge in [0, 0.05) is 31.5 Å². The molecule has 1 aromatic rings. The van der Waals surface area contributed by atoms with Crippen molar-refractivity contribution < 1.29 is 9.53 Å². The molecule has 2 rings (SSSR count). The maximum atomic E-state index is 11.7. The number of carbonyl (C=O) groups is 1. The molecule has 0 aliphatic carbocycles. The summed E-state index contributed by atoms with van der Waals surface area (Å²) in [5.74, 6) is 0. The zero-order valence-corrected chi connectivity index (χ0v) is 12.0. The summed E-state index contributed by atoms with van der Waals surface area (Å²) < 4.78 is 5.24. The van der Waals surface area contributed by atoms with Crippen molar-refractivity contribution in [2.24, 2.45) is 4.99 Å². The van der Waals surface area contributed by atoms with Crippen molar-refractivity contribution in [2.75, 3.05) is 25.6 Å². The summed E-state index contributed by atoms with van der Waals surface area (Å²) in [6.45, 7) is 2.39. The number of benzene rings is 1. The van der Waals surface area contributed by atoms with E-state index in [0.29, 0.717) is 17.5 Å². The lowest BCUT2D eigenvalue weighted by Gasteiger charge is -2.11. The molecule has 19 heavy (non-hydrogen) atoms. The van der Waals surface area contributed by atoms with Crippen LogP contribution in [0.4, 0.5) is 5.69 Å². The first-order valence-corrected chi connectivity index (χ1v) is 6.84. The van der Waals surface area contributed by atoms with Gasteiger partial charge in [0.05, 0.1) is 6.61 Å². The fraction of sp³-hybridized carbons (Fsp3) is 0.286. The molecule has 100 valence electrons. The average molecular weight is 276 g/mol. The molecule has 5 heteroatoms. The molecule has 0 fully saturated rings. The van der Waals surface area contributed by atoms with Crippen LogP contribution in [0.2, 0.25) is 0 Å². The number of hydrogen-bond acceptors (Lipinski definition) is 5. The Balaban J connectivity index is 2.19. The predicted molar refractivity (Wildman–Crippen MR) is 80.4 cm³/mol. The Morgan fingerprint density at radius 3 is 2.58 bits per heavy atom. The highest BCUT2D eigenvalue weighted by Gasteiger charge is 2.23. The van der Waals surface area contributed by atoms with Gasteiger partial charge in [-0.3, -0.25) is 4.79 Å². The molecular formula is C14H16N2O2S. The molecule has 0 bridgehead atoms. The lowest BCUT2D eigenvalue weighted by molar-refractivity contribution is -0.107. The van der Waals surface area contributed by atoms with E-state index in [9.17, 15) is 4.79 Å². The van der Waals surface area contributed by atoms with Gasteiger partial charge in [-0.2, -0.15) is 0 Å². The van der Waals surface area contributed by atoms with Gasteiger partial charge >= 0.3 is 0 Å². The van der Waals surface area contributed by atoms with Crippen LogP contribution in [0.25, 0.3) is 6.08 Å². The van der Waals surface area contributed by atoms with Crippen LogP contribution in [0.15, 0.2) is 35.0 Å². The zero-order chi connectivity index (χ0) is 13.8. The Labute approximate surface area is 117 Å². The molecular weight excluding hydrogens is 260 g/mol. The van der Waals surface area contributed by atoms with Gasteiger partial charge < -0.3 is 9.64 Å². The first kappa shape index (κ1) is 13.7. The fourth-order valence-electron chi connectivity index (χ4n) is 1.60. The van der Waals surface area contributed by atoms with Crippen molar-refractivity contribution in [3.05, 3.63) is 35.5 Å². The van der Waals surface area contributed by atoms with Crippen LogP contribution in [0.1, 0.15) is 12.5 Å². The number of anilines is 1. The fourth-order valence-corrected chi connectivity index (χ4v) is 2.29. The Bertz CT molecular complexity index is 533. The number of aliphatic imine (C=N–C) groups is 1. The minimum atomic E-state index is -0.0693. The van der Waals surface area contributed by atoms with E-state index in [1.54, 1.807) is 6.08 Å². The van der Waals surface area contributed by atoms with Gasteiger partial charge in [-0.05, 0) is 30.7 Å².